The van der Waals surface area contributed by atoms with Gasteiger partial charge in [0.2, 0.25) is 0 Å². The van der Waals surface area contributed by atoms with E-state index < -0.39 is 0 Å². The molecule has 0 atom stereocenters. The van der Waals surface area contributed by atoms with Crippen LogP contribution < -0.4 is 0 Å². The van der Waals surface area contributed by atoms with Crippen LogP contribution in [0.1, 0.15) is 0 Å². The average Bonchev–Trinajstić information content (AvgIpc) is 2.91. The second-order valence-electron chi connectivity index (χ2n) is 4.87. The molecular formula is C17H12N2O. The number of benzene rings is 2. The number of nitrogens with one attached hydrogen (secondary N) is 1. The van der Waals surface area contributed by atoms with Gasteiger partial charge in [0.05, 0.1) is 11.7 Å². The van der Waals surface area contributed by atoms with E-state index in [1.807, 2.05) is 30.6 Å². The van der Waals surface area contributed by atoms with Crippen molar-refractivity contribution in [3.8, 4) is 16.9 Å². The monoisotopic (exact) mass is 260 g/mol. The fourth-order valence-corrected chi connectivity index (χ4v) is 2.61. The number of H-pyrrole nitrogens is 1. The summed E-state index contributed by atoms with van der Waals surface area (Å²) in [5, 5.41) is 12.8. The van der Waals surface area contributed by atoms with Crippen LogP contribution in [0, 0.1) is 0 Å². The Labute approximate surface area is 115 Å². The summed E-state index contributed by atoms with van der Waals surface area (Å²) in [6.07, 6.45) is 5.64. The van der Waals surface area contributed by atoms with Gasteiger partial charge in [-0.05, 0) is 40.6 Å². The molecule has 0 aliphatic rings. The van der Waals surface area contributed by atoms with Gasteiger partial charge < -0.3 is 10.1 Å². The average molecular weight is 260 g/mol. The molecular weight excluding hydrogens is 248 g/mol. The number of nitrogens with zero attached hydrogens (tertiary/aromatic N) is 1. The summed E-state index contributed by atoms with van der Waals surface area (Å²) in [5.74, 6) is 0.295. The Kier molecular flexibility index (Phi) is 2.27. The third kappa shape index (κ3) is 1.64. The Morgan fingerprint density at radius 3 is 2.75 bits per heavy atom. The molecule has 3 heteroatoms. The highest BCUT2D eigenvalue weighted by atomic mass is 16.3. The van der Waals surface area contributed by atoms with Gasteiger partial charge in [-0.3, -0.25) is 4.98 Å². The van der Waals surface area contributed by atoms with E-state index in [1.165, 1.54) is 0 Å². The summed E-state index contributed by atoms with van der Waals surface area (Å²) < 4.78 is 0. The lowest BCUT2D eigenvalue weighted by atomic mass is 10.0. The van der Waals surface area contributed by atoms with Crippen LogP contribution in [0.4, 0.5) is 0 Å². The van der Waals surface area contributed by atoms with Crippen molar-refractivity contribution in [1.29, 1.82) is 0 Å². The highest BCUT2D eigenvalue weighted by Crippen LogP contribution is 2.31. The second-order valence-corrected chi connectivity index (χ2v) is 4.87. The van der Waals surface area contributed by atoms with Gasteiger partial charge in [-0.2, -0.15) is 0 Å². The maximum atomic E-state index is 9.51. The van der Waals surface area contributed by atoms with E-state index in [0.29, 0.717) is 5.75 Å². The highest BCUT2D eigenvalue weighted by molar-refractivity contribution is 5.98. The van der Waals surface area contributed by atoms with Crippen molar-refractivity contribution in [2.24, 2.45) is 0 Å². The Hall–Kier alpha value is -2.81. The standard InChI is InChI=1S/C17H12N2O/c20-14-4-3-11-7-13(2-1-12(11)8-14)16-9-19-17-10-18-6-5-15(16)17/h1-10,19-20H. The van der Waals surface area contributed by atoms with E-state index >= 15 is 0 Å². The van der Waals surface area contributed by atoms with Crippen LogP contribution in [0.25, 0.3) is 32.8 Å². The molecule has 3 nitrogen and oxygen atoms in total. The van der Waals surface area contributed by atoms with Gasteiger partial charge in [-0.25, -0.2) is 0 Å². The molecule has 0 aliphatic heterocycles. The van der Waals surface area contributed by atoms with Crippen LogP contribution in [-0.2, 0) is 0 Å². The van der Waals surface area contributed by atoms with Crippen molar-refractivity contribution in [2.75, 3.05) is 0 Å². The minimum atomic E-state index is 0.295. The summed E-state index contributed by atoms with van der Waals surface area (Å²) in [5.41, 5.74) is 3.35. The number of aromatic amines is 1. The molecule has 2 heterocycles. The normalized spacial score (nSPS) is 11.2. The topological polar surface area (TPSA) is 48.9 Å². The smallest absolute Gasteiger partial charge is 0.116 e. The number of rotatable bonds is 1. The molecule has 96 valence electrons. The van der Waals surface area contributed by atoms with Crippen molar-refractivity contribution < 1.29 is 5.11 Å². The number of aromatic hydroxyl groups is 1. The van der Waals surface area contributed by atoms with Crippen molar-refractivity contribution >= 4 is 21.7 Å². The van der Waals surface area contributed by atoms with Crippen LogP contribution in [-0.4, -0.2) is 15.1 Å². The van der Waals surface area contributed by atoms with Crippen molar-refractivity contribution in [2.45, 2.75) is 0 Å². The molecule has 4 rings (SSSR count). The Morgan fingerprint density at radius 2 is 1.80 bits per heavy atom. The molecule has 2 N–H and O–H groups in total. The lowest BCUT2D eigenvalue weighted by molar-refractivity contribution is 0.476. The molecule has 2 aromatic carbocycles. The predicted octanol–water partition coefficient (Wildman–Crippen LogP) is 4.09. The first-order valence-corrected chi connectivity index (χ1v) is 6.45. The Balaban J connectivity index is 1.96. The number of phenolic OH excluding ortho intramolecular Hbond substituents is 1. The summed E-state index contributed by atoms with van der Waals surface area (Å²) in [7, 11) is 0. The number of hydrogen-bond donors (Lipinski definition) is 2. The van der Waals surface area contributed by atoms with Gasteiger partial charge in [0.15, 0.2) is 0 Å². The van der Waals surface area contributed by atoms with E-state index in [9.17, 15) is 5.11 Å². The molecule has 0 amide bonds. The fraction of sp³-hybridized carbons (Fsp3) is 0. The lowest BCUT2D eigenvalue weighted by Gasteiger charge is -2.03. The van der Waals surface area contributed by atoms with Gasteiger partial charge in [0.25, 0.3) is 0 Å². The van der Waals surface area contributed by atoms with Crippen molar-refractivity contribution in [3.05, 3.63) is 61.1 Å². The molecule has 2 aromatic heterocycles. The third-order valence-electron chi connectivity index (χ3n) is 3.62. The van der Waals surface area contributed by atoms with Gasteiger partial charge in [0.1, 0.15) is 5.75 Å². The molecule has 0 bridgehead atoms. The van der Waals surface area contributed by atoms with E-state index in [1.54, 1.807) is 18.3 Å². The molecule has 0 radical (unpaired) electrons. The summed E-state index contributed by atoms with van der Waals surface area (Å²) in [6.45, 7) is 0. The number of hydrogen-bond acceptors (Lipinski definition) is 2. The van der Waals surface area contributed by atoms with E-state index in [4.69, 9.17) is 0 Å². The molecule has 0 saturated heterocycles. The van der Waals surface area contributed by atoms with E-state index in [0.717, 1.165) is 32.8 Å². The number of aromatic nitrogens is 2. The van der Waals surface area contributed by atoms with Crippen molar-refractivity contribution in [1.82, 2.24) is 9.97 Å². The number of phenols is 1. The molecule has 0 saturated carbocycles. The molecule has 4 aromatic rings. The Morgan fingerprint density at radius 1 is 0.950 bits per heavy atom. The van der Waals surface area contributed by atoms with Crippen LogP contribution in [0.5, 0.6) is 5.75 Å². The maximum absolute atomic E-state index is 9.51. The largest absolute Gasteiger partial charge is 0.508 e. The van der Waals surface area contributed by atoms with Crippen LogP contribution in [0.15, 0.2) is 61.1 Å². The van der Waals surface area contributed by atoms with Crippen molar-refractivity contribution in [3.63, 3.8) is 0 Å². The highest BCUT2D eigenvalue weighted by Gasteiger charge is 2.06. The van der Waals surface area contributed by atoms with E-state index in [-0.39, 0.29) is 0 Å². The molecule has 0 aliphatic carbocycles. The minimum Gasteiger partial charge on any atom is -0.508 e. The zero-order valence-electron chi connectivity index (χ0n) is 10.7. The molecule has 20 heavy (non-hydrogen) atoms. The summed E-state index contributed by atoms with van der Waals surface area (Å²) >= 11 is 0. The first-order valence-electron chi connectivity index (χ1n) is 6.45. The number of fused-ring (bicyclic) bond motifs is 2. The molecule has 0 fully saturated rings. The van der Waals surface area contributed by atoms with Gasteiger partial charge in [-0.15, -0.1) is 0 Å². The first-order chi connectivity index (χ1) is 9.81. The van der Waals surface area contributed by atoms with Gasteiger partial charge in [0, 0.05) is 23.3 Å². The lowest BCUT2D eigenvalue weighted by Crippen LogP contribution is -1.78. The SMILES string of the molecule is Oc1ccc2cc(-c3c[nH]c4cnccc34)ccc2c1. The maximum Gasteiger partial charge on any atom is 0.116 e. The predicted molar refractivity (Wildman–Crippen MR) is 80.7 cm³/mol. The Bertz CT molecular complexity index is 924. The second kappa shape index (κ2) is 4.10. The molecule has 0 unspecified atom stereocenters. The number of pyridine rings is 1. The summed E-state index contributed by atoms with van der Waals surface area (Å²) in [4.78, 5) is 7.36. The third-order valence-corrected chi connectivity index (χ3v) is 3.62. The zero-order chi connectivity index (χ0) is 13.5. The zero-order valence-corrected chi connectivity index (χ0v) is 10.7. The quantitative estimate of drug-likeness (QED) is 0.541. The first kappa shape index (κ1) is 11.1. The van der Waals surface area contributed by atoms with Gasteiger partial charge in [-0.1, -0.05) is 18.2 Å². The summed E-state index contributed by atoms with van der Waals surface area (Å²) in [6, 6.07) is 13.7. The van der Waals surface area contributed by atoms with Gasteiger partial charge >= 0.3 is 0 Å². The minimum absolute atomic E-state index is 0.295. The van der Waals surface area contributed by atoms with Crippen LogP contribution in [0.2, 0.25) is 0 Å². The molecule has 0 spiro atoms. The van der Waals surface area contributed by atoms with Crippen LogP contribution >= 0.6 is 0 Å². The van der Waals surface area contributed by atoms with E-state index in [2.05, 4.69) is 22.1 Å². The fourth-order valence-electron chi connectivity index (χ4n) is 2.61. The van der Waals surface area contributed by atoms with Crippen LogP contribution in [0.3, 0.4) is 0 Å².